The van der Waals surface area contributed by atoms with E-state index in [4.69, 9.17) is 0 Å². The van der Waals surface area contributed by atoms with Crippen LogP contribution in [0.2, 0.25) is 0 Å². The number of hydrogen-bond acceptors (Lipinski definition) is 3. The summed E-state index contributed by atoms with van der Waals surface area (Å²) in [6.45, 7) is 3.99. The first kappa shape index (κ1) is 17.1. The molecule has 1 heterocycles. The first-order valence-electron chi connectivity index (χ1n) is 7.28. The first-order chi connectivity index (χ1) is 10.8. The number of halogens is 3. The number of aliphatic hydroxyl groups is 1. The molecule has 3 N–H and O–H groups in total. The van der Waals surface area contributed by atoms with Gasteiger partial charge in [0, 0.05) is 5.57 Å². The zero-order valence-corrected chi connectivity index (χ0v) is 12.9. The third-order valence-electron chi connectivity index (χ3n) is 3.55. The minimum Gasteiger partial charge on any atom is -0.385 e. The van der Waals surface area contributed by atoms with Crippen LogP contribution in [0.1, 0.15) is 37.5 Å². The van der Waals surface area contributed by atoms with Gasteiger partial charge in [-0.05, 0) is 31.0 Å². The lowest BCUT2D eigenvalue weighted by Gasteiger charge is -2.14. The van der Waals surface area contributed by atoms with E-state index in [9.17, 15) is 18.3 Å². The number of rotatable bonds is 4. The minimum absolute atomic E-state index is 0.0526. The number of guanidine groups is 1. The van der Waals surface area contributed by atoms with E-state index in [-0.39, 0.29) is 12.1 Å². The molecule has 4 nitrogen and oxygen atoms in total. The number of benzene rings is 1. The van der Waals surface area contributed by atoms with Gasteiger partial charge in [-0.3, -0.25) is 5.32 Å². The molecule has 1 aromatic rings. The van der Waals surface area contributed by atoms with Gasteiger partial charge >= 0.3 is 12.1 Å². The highest BCUT2D eigenvalue weighted by molar-refractivity contribution is 5.91. The minimum atomic E-state index is -4.43. The largest absolute Gasteiger partial charge is 0.443 e. The number of allylic oxidation sites excluding steroid dienone is 2. The molecule has 23 heavy (non-hydrogen) atoms. The third kappa shape index (κ3) is 4.37. The lowest BCUT2D eigenvalue weighted by atomic mass is 10.1. The molecule has 7 heteroatoms. The lowest BCUT2D eigenvalue weighted by Crippen LogP contribution is -2.42. The van der Waals surface area contributed by atoms with Crippen LogP contribution in [0, 0.1) is 0 Å². The van der Waals surface area contributed by atoms with Crippen LogP contribution in [0.25, 0.3) is 0 Å². The van der Waals surface area contributed by atoms with Crippen molar-refractivity contribution in [1.82, 2.24) is 15.3 Å². The highest BCUT2D eigenvalue weighted by atomic mass is 19.4. The van der Waals surface area contributed by atoms with Crippen LogP contribution in [0.15, 0.2) is 35.5 Å². The van der Waals surface area contributed by atoms with Gasteiger partial charge in [-0.1, -0.05) is 19.1 Å². The molecule has 1 aliphatic rings. The summed E-state index contributed by atoms with van der Waals surface area (Å²) in [4.78, 5) is 0. The Hall–Kier alpha value is -2.24. The number of alkyl halides is 3. The van der Waals surface area contributed by atoms with Crippen molar-refractivity contribution in [2.45, 2.75) is 32.5 Å². The molecular weight excluding hydrogens is 307 g/mol. The van der Waals surface area contributed by atoms with Gasteiger partial charge in [0.25, 0.3) is 0 Å². The van der Waals surface area contributed by atoms with Gasteiger partial charge in [0.2, 0.25) is 0 Å². The Morgan fingerprint density at radius 2 is 2.09 bits per heavy atom. The standard InChI is InChI=1S/C16H18F3N3O/c1-3-13-10(2)8-20-15(22-13)21-9-14(23)11-5-4-6-12(7-11)16(17,18)19/h4-8,14,23H,3,9H2,1-2H3,(H,20,21,22)/p+1. The van der Waals surface area contributed by atoms with Crippen LogP contribution in [0.4, 0.5) is 13.2 Å². The molecule has 0 aromatic heterocycles. The Bertz CT molecular complexity index is 673. The van der Waals surface area contributed by atoms with E-state index >= 15 is 0 Å². The Kier molecular flexibility index (Phi) is 5.13. The second kappa shape index (κ2) is 6.89. The van der Waals surface area contributed by atoms with E-state index in [2.05, 4.69) is 15.3 Å². The average Bonchev–Trinajstić information content (AvgIpc) is 2.53. The summed E-state index contributed by atoms with van der Waals surface area (Å²) in [5, 5.41) is 16.1. The predicted molar refractivity (Wildman–Crippen MR) is 83.7 cm³/mol. The van der Waals surface area contributed by atoms with Gasteiger partial charge < -0.3 is 5.11 Å². The van der Waals surface area contributed by atoms with Crippen molar-refractivity contribution in [3.63, 3.8) is 0 Å². The molecule has 1 aromatic carbocycles. The van der Waals surface area contributed by atoms with E-state index in [1.807, 2.05) is 13.8 Å². The van der Waals surface area contributed by atoms with E-state index in [0.29, 0.717) is 5.96 Å². The van der Waals surface area contributed by atoms with Gasteiger partial charge in [0.1, 0.15) is 6.10 Å². The molecule has 1 unspecified atom stereocenters. The van der Waals surface area contributed by atoms with Crippen molar-refractivity contribution < 1.29 is 18.3 Å². The van der Waals surface area contributed by atoms with E-state index < -0.39 is 17.8 Å². The smallest absolute Gasteiger partial charge is 0.385 e. The van der Waals surface area contributed by atoms with Crippen molar-refractivity contribution in [2.75, 3.05) is 6.54 Å². The Morgan fingerprint density at radius 1 is 1.35 bits per heavy atom. The van der Waals surface area contributed by atoms with Crippen LogP contribution < -0.4 is 15.3 Å². The molecule has 0 saturated heterocycles. The van der Waals surface area contributed by atoms with Crippen molar-refractivity contribution in [3.05, 3.63) is 46.7 Å². The molecule has 1 aliphatic heterocycles. The zero-order valence-electron chi connectivity index (χ0n) is 12.9. The van der Waals surface area contributed by atoms with E-state index in [1.165, 1.54) is 12.1 Å². The quantitative estimate of drug-likeness (QED) is 0.743. The maximum atomic E-state index is 12.7. The summed E-state index contributed by atoms with van der Waals surface area (Å²) >= 11 is 0. The van der Waals surface area contributed by atoms with Crippen molar-refractivity contribution in [2.24, 2.45) is 0 Å². The van der Waals surface area contributed by atoms with Crippen LogP contribution in [0.3, 0.4) is 0 Å². The second-order valence-corrected chi connectivity index (χ2v) is 5.27. The van der Waals surface area contributed by atoms with Crippen LogP contribution in [-0.2, 0) is 6.18 Å². The van der Waals surface area contributed by atoms with Gasteiger partial charge in [-0.25, -0.2) is 9.98 Å². The van der Waals surface area contributed by atoms with Crippen molar-refractivity contribution in [3.8, 4) is 0 Å². The topological polar surface area (TPSA) is 58.4 Å². The average molecular weight is 326 g/mol. The Morgan fingerprint density at radius 3 is 2.74 bits per heavy atom. The van der Waals surface area contributed by atoms with Crippen molar-refractivity contribution in [1.29, 1.82) is 0 Å². The second-order valence-electron chi connectivity index (χ2n) is 5.27. The number of aliphatic hydroxyl groups excluding tert-OH is 1. The summed E-state index contributed by atoms with van der Waals surface area (Å²) in [5.74, 6) is 0.471. The van der Waals surface area contributed by atoms with Crippen LogP contribution in [-0.4, -0.2) is 23.8 Å². The maximum Gasteiger partial charge on any atom is 0.443 e. The zero-order chi connectivity index (χ0) is 17.0. The van der Waals surface area contributed by atoms with Gasteiger partial charge in [-0.15, -0.1) is 0 Å². The fourth-order valence-corrected chi connectivity index (χ4v) is 2.20. The molecule has 0 radical (unpaired) electrons. The molecule has 124 valence electrons. The summed E-state index contributed by atoms with van der Waals surface area (Å²) in [6.07, 6.45) is -2.99. The van der Waals surface area contributed by atoms with Gasteiger partial charge in [0.15, 0.2) is 6.21 Å². The molecule has 0 fully saturated rings. The SMILES string of the molecule is CCC1=C(C)C=[N+]=C(NCC(O)c2cccc(C(F)(F)F)c2)N1. The Balaban J connectivity index is 2.01. The summed E-state index contributed by atoms with van der Waals surface area (Å²) in [7, 11) is 0. The molecule has 2 rings (SSSR count). The normalized spacial score (nSPS) is 16.0. The van der Waals surface area contributed by atoms with Gasteiger partial charge in [0.05, 0.1) is 17.8 Å². The molecule has 1 atom stereocenters. The van der Waals surface area contributed by atoms with Crippen molar-refractivity contribution >= 4 is 12.2 Å². The maximum absolute atomic E-state index is 12.7. The van der Waals surface area contributed by atoms with Crippen LogP contribution in [0.5, 0.6) is 0 Å². The molecular formula is C16H19F3N3O+. The molecule has 0 amide bonds. The highest BCUT2D eigenvalue weighted by Gasteiger charge is 2.31. The predicted octanol–water partition coefficient (Wildman–Crippen LogP) is 2.11. The lowest BCUT2D eigenvalue weighted by molar-refractivity contribution is -0.137. The fourth-order valence-electron chi connectivity index (χ4n) is 2.20. The summed E-state index contributed by atoms with van der Waals surface area (Å²) in [5.41, 5.74) is 1.46. The molecule has 0 bridgehead atoms. The first-order valence-corrected chi connectivity index (χ1v) is 7.28. The fraction of sp³-hybridized carbons (Fsp3) is 0.375. The Labute approximate surface area is 132 Å². The number of nitrogens with one attached hydrogen (secondary N) is 2. The third-order valence-corrected chi connectivity index (χ3v) is 3.55. The summed E-state index contributed by atoms with van der Waals surface area (Å²) in [6, 6.07) is 4.68. The van der Waals surface area contributed by atoms with E-state index in [1.54, 1.807) is 6.21 Å². The number of hydrogen-bond donors (Lipinski definition) is 3. The highest BCUT2D eigenvalue weighted by Crippen LogP contribution is 2.30. The van der Waals surface area contributed by atoms with Gasteiger partial charge in [-0.2, -0.15) is 13.2 Å². The number of nitrogens with zero attached hydrogens (tertiary/aromatic N) is 1. The van der Waals surface area contributed by atoms with E-state index in [0.717, 1.165) is 29.8 Å². The monoisotopic (exact) mass is 326 g/mol. The molecule has 0 saturated carbocycles. The van der Waals surface area contributed by atoms with Crippen LogP contribution >= 0.6 is 0 Å². The molecule has 0 aliphatic carbocycles. The summed E-state index contributed by atoms with van der Waals surface area (Å²) < 4.78 is 42.2. The molecule has 0 spiro atoms.